The summed E-state index contributed by atoms with van der Waals surface area (Å²) < 4.78 is 42.0. The van der Waals surface area contributed by atoms with Gasteiger partial charge in [0, 0.05) is 6.42 Å². The minimum Gasteiger partial charge on any atom is -0.493 e. The normalized spacial score (nSPS) is 20.3. The Morgan fingerprint density at radius 2 is 1.80 bits per heavy atom. The monoisotopic (exact) mass is 214 g/mol. The molecule has 0 radical (unpaired) electrons. The van der Waals surface area contributed by atoms with Gasteiger partial charge in [0.1, 0.15) is 6.10 Å². The number of alkyl halides is 3. The SMILES string of the molecule is FC(F)(F)c1ccc([C@H]2CC=CO2)cc1. The summed E-state index contributed by atoms with van der Waals surface area (Å²) >= 11 is 0. The molecule has 1 heterocycles. The maximum Gasteiger partial charge on any atom is 0.416 e. The van der Waals surface area contributed by atoms with Gasteiger partial charge in [-0.05, 0) is 23.8 Å². The van der Waals surface area contributed by atoms with Crippen molar-refractivity contribution in [3.05, 3.63) is 47.7 Å². The predicted molar refractivity (Wildman–Crippen MR) is 49.0 cm³/mol. The van der Waals surface area contributed by atoms with Gasteiger partial charge in [0.05, 0.1) is 11.8 Å². The summed E-state index contributed by atoms with van der Waals surface area (Å²) in [4.78, 5) is 0. The van der Waals surface area contributed by atoms with Gasteiger partial charge in [0.25, 0.3) is 0 Å². The molecule has 0 saturated carbocycles. The Bertz CT molecular complexity index is 356. The molecule has 1 atom stereocenters. The first-order valence-electron chi connectivity index (χ1n) is 4.55. The van der Waals surface area contributed by atoms with Crippen molar-refractivity contribution in [1.82, 2.24) is 0 Å². The minimum atomic E-state index is -4.27. The fourth-order valence-corrected chi connectivity index (χ4v) is 1.49. The zero-order valence-corrected chi connectivity index (χ0v) is 7.79. The van der Waals surface area contributed by atoms with Crippen LogP contribution in [-0.2, 0) is 10.9 Å². The Balaban J connectivity index is 2.17. The van der Waals surface area contributed by atoms with Crippen molar-refractivity contribution in [2.45, 2.75) is 18.7 Å². The lowest BCUT2D eigenvalue weighted by Gasteiger charge is -2.12. The van der Waals surface area contributed by atoms with Gasteiger partial charge >= 0.3 is 6.18 Å². The number of halogens is 3. The number of hydrogen-bond acceptors (Lipinski definition) is 1. The van der Waals surface area contributed by atoms with Crippen LogP contribution in [-0.4, -0.2) is 0 Å². The third kappa shape index (κ3) is 2.14. The topological polar surface area (TPSA) is 9.23 Å². The molecule has 80 valence electrons. The smallest absolute Gasteiger partial charge is 0.416 e. The lowest BCUT2D eigenvalue weighted by molar-refractivity contribution is -0.137. The molecule has 0 aromatic heterocycles. The zero-order chi connectivity index (χ0) is 10.9. The van der Waals surface area contributed by atoms with Crippen LogP contribution in [0.3, 0.4) is 0 Å². The van der Waals surface area contributed by atoms with E-state index in [1.807, 2.05) is 6.08 Å². The van der Waals surface area contributed by atoms with Crippen molar-refractivity contribution in [2.24, 2.45) is 0 Å². The molecular formula is C11H9F3O. The summed E-state index contributed by atoms with van der Waals surface area (Å²) in [7, 11) is 0. The fraction of sp³-hybridized carbons (Fsp3) is 0.273. The Hall–Kier alpha value is -1.45. The first kappa shape index (κ1) is 10.1. The highest BCUT2D eigenvalue weighted by atomic mass is 19.4. The second-order valence-corrected chi connectivity index (χ2v) is 3.35. The molecule has 1 nitrogen and oxygen atoms in total. The number of hydrogen-bond donors (Lipinski definition) is 0. The highest BCUT2D eigenvalue weighted by Gasteiger charge is 2.30. The van der Waals surface area contributed by atoms with E-state index in [1.54, 1.807) is 6.26 Å². The predicted octanol–water partition coefficient (Wildman–Crippen LogP) is 3.68. The van der Waals surface area contributed by atoms with E-state index in [-0.39, 0.29) is 6.10 Å². The van der Waals surface area contributed by atoms with Crippen molar-refractivity contribution >= 4 is 0 Å². The minimum absolute atomic E-state index is 0.132. The standard InChI is InChI=1S/C11H9F3O/c12-11(13,14)9-5-3-8(4-6-9)10-2-1-7-15-10/h1,3-7,10H,2H2/t10-/m1/s1. The van der Waals surface area contributed by atoms with Crippen molar-refractivity contribution in [3.8, 4) is 0 Å². The van der Waals surface area contributed by atoms with E-state index < -0.39 is 11.7 Å². The first-order valence-corrected chi connectivity index (χ1v) is 4.55. The van der Waals surface area contributed by atoms with Crippen molar-refractivity contribution in [3.63, 3.8) is 0 Å². The average molecular weight is 214 g/mol. The molecule has 1 aliphatic heterocycles. The molecule has 15 heavy (non-hydrogen) atoms. The molecule has 2 rings (SSSR count). The third-order valence-corrected chi connectivity index (χ3v) is 2.30. The summed E-state index contributed by atoms with van der Waals surface area (Å²) in [6.45, 7) is 0. The fourth-order valence-electron chi connectivity index (χ4n) is 1.49. The molecule has 0 unspecified atom stereocenters. The first-order chi connectivity index (χ1) is 7.07. The molecule has 0 N–H and O–H groups in total. The maximum absolute atomic E-state index is 12.3. The third-order valence-electron chi connectivity index (χ3n) is 2.30. The van der Waals surface area contributed by atoms with E-state index >= 15 is 0 Å². The van der Waals surface area contributed by atoms with Gasteiger partial charge in [-0.2, -0.15) is 13.2 Å². The largest absolute Gasteiger partial charge is 0.493 e. The molecular weight excluding hydrogens is 205 g/mol. The molecule has 1 aromatic carbocycles. The summed E-state index contributed by atoms with van der Waals surface area (Å²) in [6, 6.07) is 5.08. The number of benzene rings is 1. The van der Waals surface area contributed by atoms with Crippen molar-refractivity contribution in [1.29, 1.82) is 0 Å². The molecule has 0 spiro atoms. The van der Waals surface area contributed by atoms with Crippen molar-refractivity contribution < 1.29 is 17.9 Å². The van der Waals surface area contributed by atoms with Gasteiger partial charge in [-0.3, -0.25) is 0 Å². The quantitative estimate of drug-likeness (QED) is 0.692. The number of rotatable bonds is 1. The molecule has 1 aromatic rings. The van der Waals surface area contributed by atoms with E-state index in [0.29, 0.717) is 6.42 Å². The molecule has 0 amide bonds. The second-order valence-electron chi connectivity index (χ2n) is 3.35. The van der Waals surface area contributed by atoms with E-state index in [2.05, 4.69) is 0 Å². The van der Waals surface area contributed by atoms with Gasteiger partial charge in [-0.1, -0.05) is 12.1 Å². The average Bonchev–Trinajstić information content (AvgIpc) is 2.69. The lowest BCUT2D eigenvalue weighted by Crippen LogP contribution is -2.05. The summed E-state index contributed by atoms with van der Waals surface area (Å²) in [6.07, 6.45) is -0.268. The van der Waals surface area contributed by atoms with E-state index in [9.17, 15) is 13.2 Å². The van der Waals surface area contributed by atoms with Crippen LogP contribution in [0.15, 0.2) is 36.6 Å². The van der Waals surface area contributed by atoms with E-state index in [4.69, 9.17) is 4.74 Å². The Kier molecular flexibility index (Phi) is 2.42. The molecule has 0 aliphatic carbocycles. The van der Waals surface area contributed by atoms with Crippen LogP contribution in [0.2, 0.25) is 0 Å². The number of ether oxygens (including phenoxy) is 1. The Labute approximate surface area is 85.2 Å². The van der Waals surface area contributed by atoms with Crippen LogP contribution < -0.4 is 0 Å². The van der Waals surface area contributed by atoms with Crippen LogP contribution in [0.4, 0.5) is 13.2 Å². The van der Waals surface area contributed by atoms with Crippen LogP contribution in [0.5, 0.6) is 0 Å². The Morgan fingerprint density at radius 1 is 1.13 bits per heavy atom. The van der Waals surface area contributed by atoms with E-state index in [1.165, 1.54) is 12.1 Å². The van der Waals surface area contributed by atoms with Gasteiger partial charge in [-0.25, -0.2) is 0 Å². The highest BCUT2D eigenvalue weighted by Crippen LogP contribution is 2.32. The molecule has 0 bridgehead atoms. The summed E-state index contributed by atoms with van der Waals surface area (Å²) in [5, 5.41) is 0. The summed E-state index contributed by atoms with van der Waals surface area (Å²) in [5.41, 5.74) is 0.144. The lowest BCUT2D eigenvalue weighted by atomic mass is 10.1. The van der Waals surface area contributed by atoms with Crippen LogP contribution in [0.25, 0.3) is 0 Å². The second kappa shape index (κ2) is 3.61. The molecule has 4 heteroatoms. The van der Waals surface area contributed by atoms with Crippen LogP contribution in [0, 0.1) is 0 Å². The van der Waals surface area contributed by atoms with Gasteiger partial charge in [-0.15, -0.1) is 0 Å². The van der Waals surface area contributed by atoms with Gasteiger partial charge in [0.2, 0.25) is 0 Å². The Morgan fingerprint density at radius 3 is 2.27 bits per heavy atom. The van der Waals surface area contributed by atoms with Crippen molar-refractivity contribution in [2.75, 3.05) is 0 Å². The molecule has 0 fully saturated rings. The van der Waals surface area contributed by atoms with Crippen LogP contribution in [0.1, 0.15) is 23.7 Å². The van der Waals surface area contributed by atoms with Gasteiger partial charge < -0.3 is 4.74 Å². The summed E-state index contributed by atoms with van der Waals surface area (Å²) in [5.74, 6) is 0. The molecule has 0 saturated heterocycles. The molecule has 1 aliphatic rings. The zero-order valence-electron chi connectivity index (χ0n) is 7.79. The van der Waals surface area contributed by atoms with Gasteiger partial charge in [0.15, 0.2) is 0 Å². The van der Waals surface area contributed by atoms with Crippen LogP contribution >= 0.6 is 0 Å². The highest BCUT2D eigenvalue weighted by molar-refractivity contribution is 5.27. The maximum atomic E-state index is 12.3. The van der Waals surface area contributed by atoms with E-state index in [0.717, 1.165) is 17.7 Å².